The predicted octanol–water partition coefficient (Wildman–Crippen LogP) is 5.86. The van der Waals surface area contributed by atoms with Crippen molar-refractivity contribution < 1.29 is 26.7 Å². The first-order valence-electron chi connectivity index (χ1n) is 7.07. The Labute approximate surface area is 132 Å². The van der Waals surface area contributed by atoms with Gasteiger partial charge in [0.05, 0.1) is 6.42 Å². The Morgan fingerprint density at radius 3 is 2.18 bits per heavy atom. The van der Waals surface area contributed by atoms with Gasteiger partial charge in [-0.3, -0.25) is 0 Å². The van der Waals surface area contributed by atoms with Gasteiger partial charge >= 0.3 is 6.11 Å². The molecule has 1 nitrogen and oxygen atoms in total. The van der Waals surface area contributed by atoms with E-state index < -0.39 is 36.4 Å². The molecule has 1 aromatic rings. The number of hydrogen-bond donors (Lipinski definition) is 1. The Balaban J connectivity index is 2.98. The zero-order valence-electron chi connectivity index (χ0n) is 12.4. The Hall–Kier alpha value is -0.980. The molecule has 1 rings (SSSR count). The van der Waals surface area contributed by atoms with Crippen LogP contribution in [0.5, 0.6) is 5.75 Å². The second-order valence-corrected chi connectivity index (χ2v) is 5.60. The summed E-state index contributed by atoms with van der Waals surface area (Å²) in [5.74, 6) is -4.83. The molecule has 0 aliphatic heterocycles. The molecule has 0 bridgehead atoms. The molecule has 0 saturated carbocycles. The van der Waals surface area contributed by atoms with Gasteiger partial charge in [0.15, 0.2) is 11.6 Å². The van der Waals surface area contributed by atoms with Gasteiger partial charge in [-0.2, -0.15) is 8.78 Å². The van der Waals surface area contributed by atoms with Gasteiger partial charge < -0.3 is 4.74 Å². The van der Waals surface area contributed by atoms with Gasteiger partial charge in [0, 0.05) is 17.7 Å². The zero-order chi connectivity index (χ0) is 17.0. The number of alkyl halides is 4. The normalized spacial score (nSPS) is 12.5. The molecular formula is C15H19F5OS. The third-order valence-corrected chi connectivity index (χ3v) is 3.51. The number of ether oxygens (including phenoxy) is 1. The van der Waals surface area contributed by atoms with Gasteiger partial charge in [-0.15, -0.1) is 12.6 Å². The van der Waals surface area contributed by atoms with Crippen molar-refractivity contribution in [3.63, 3.8) is 0 Å². The van der Waals surface area contributed by atoms with Crippen LogP contribution in [-0.4, -0.2) is 12.0 Å². The van der Waals surface area contributed by atoms with Crippen LogP contribution in [0.25, 0.3) is 0 Å². The van der Waals surface area contributed by atoms with Gasteiger partial charge in [-0.1, -0.05) is 26.3 Å². The summed E-state index contributed by atoms with van der Waals surface area (Å²) < 4.78 is 72.2. The van der Waals surface area contributed by atoms with Crippen molar-refractivity contribution in [1.82, 2.24) is 0 Å². The van der Waals surface area contributed by atoms with Gasteiger partial charge in [-0.25, -0.2) is 13.2 Å². The van der Waals surface area contributed by atoms with Crippen LogP contribution in [-0.2, 0) is 6.42 Å². The molecule has 0 amide bonds. The monoisotopic (exact) mass is 342 g/mol. The average Bonchev–Trinajstić information content (AvgIpc) is 2.38. The summed E-state index contributed by atoms with van der Waals surface area (Å²) in [5.41, 5.74) is -0.0366. The molecule has 0 fully saturated rings. The summed E-state index contributed by atoms with van der Waals surface area (Å²) >= 11 is 3.83. The van der Waals surface area contributed by atoms with Gasteiger partial charge in [0.2, 0.25) is 0 Å². The molecule has 1 aromatic carbocycles. The maximum Gasteiger partial charge on any atom is 0.397 e. The van der Waals surface area contributed by atoms with E-state index in [1.54, 1.807) is 6.92 Å². The summed E-state index contributed by atoms with van der Waals surface area (Å²) in [5, 5.41) is 0. The number of halogens is 5. The highest BCUT2D eigenvalue weighted by atomic mass is 32.1. The van der Waals surface area contributed by atoms with E-state index in [1.165, 1.54) is 6.92 Å². The van der Waals surface area contributed by atoms with Crippen molar-refractivity contribution >= 4 is 12.6 Å². The van der Waals surface area contributed by atoms with Crippen molar-refractivity contribution in [3.8, 4) is 5.75 Å². The molecule has 0 saturated heterocycles. The van der Waals surface area contributed by atoms with E-state index in [-0.39, 0.29) is 29.7 Å². The molecule has 0 aliphatic carbocycles. The number of hydrogen-bond acceptors (Lipinski definition) is 2. The molecule has 0 aliphatic rings. The Morgan fingerprint density at radius 1 is 1.05 bits per heavy atom. The molecule has 7 heteroatoms. The molecule has 0 radical (unpaired) electrons. The minimum Gasteiger partial charge on any atom is -0.429 e. The molecule has 22 heavy (non-hydrogen) atoms. The first-order valence-corrected chi connectivity index (χ1v) is 7.51. The fourth-order valence-electron chi connectivity index (χ4n) is 2.04. The lowest BCUT2D eigenvalue weighted by atomic mass is 10.0. The SMILES string of the molecule is CCCC(F)(F)Cc1ccc(OC(F)(F)CCC)c(F)c1S. The van der Waals surface area contributed by atoms with Crippen molar-refractivity contribution in [3.05, 3.63) is 23.5 Å². The lowest BCUT2D eigenvalue weighted by Gasteiger charge is -2.20. The second-order valence-electron chi connectivity index (χ2n) is 5.16. The first-order chi connectivity index (χ1) is 10.1. The highest BCUT2D eigenvalue weighted by molar-refractivity contribution is 7.80. The predicted molar refractivity (Wildman–Crippen MR) is 77.7 cm³/mol. The Morgan fingerprint density at radius 2 is 1.64 bits per heavy atom. The molecule has 0 aromatic heterocycles. The minimum absolute atomic E-state index is 0.0366. The van der Waals surface area contributed by atoms with Crippen LogP contribution < -0.4 is 4.74 Å². The summed E-state index contributed by atoms with van der Waals surface area (Å²) in [6.07, 6.45) is -4.67. The first kappa shape index (κ1) is 19.1. The van der Waals surface area contributed by atoms with Crippen LogP contribution in [0.15, 0.2) is 17.0 Å². The molecule has 0 unspecified atom stereocenters. The van der Waals surface area contributed by atoms with Crippen molar-refractivity contribution in [2.45, 2.75) is 62.9 Å². The third-order valence-electron chi connectivity index (χ3n) is 3.03. The van der Waals surface area contributed by atoms with Crippen molar-refractivity contribution in [1.29, 1.82) is 0 Å². The average molecular weight is 342 g/mol. The van der Waals surface area contributed by atoms with Crippen LogP contribution in [0.3, 0.4) is 0 Å². The van der Waals surface area contributed by atoms with Crippen molar-refractivity contribution in [2.24, 2.45) is 0 Å². The highest BCUT2D eigenvalue weighted by Gasteiger charge is 2.33. The van der Waals surface area contributed by atoms with E-state index in [0.29, 0.717) is 0 Å². The third kappa shape index (κ3) is 5.34. The highest BCUT2D eigenvalue weighted by Crippen LogP contribution is 2.35. The molecule has 0 N–H and O–H groups in total. The fourth-order valence-corrected chi connectivity index (χ4v) is 2.31. The Bertz CT molecular complexity index is 460. The number of thiol groups is 1. The zero-order valence-corrected chi connectivity index (χ0v) is 13.3. The van der Waals surface area contributed by atoms with Gasteiger partial charge in [-0.05, 0) is 18.1 Å². The van der Waals surface area contributed by atoms with Crippen LogP contribution in [0, 0.1) is 5.82 Å². The van der Waals surface area contributed by atoms with Gasteiger partial charge in [0.25, 0.3) is 5.92 Å². The fraction of sp³-hybridized carbons (Fsp3) is 0.600. The molecule has 126 valence electrons. The van der Waals surface area contributed by atoms with Crippen LogP contribution >= 0.6 is 12.6 Å². The minimum atomic E-state index is -3.51. The lowest BCUT2D eigenvalue weighted by Crippen LogP contribution is -2.25. The standard InChI is InChI=1S/C15H19F5OS/c1-3-7-14(17,18)9-10-5-6-11(12(16)13(10)22)21-15(19,20)8-4-2/h5-6,22H,3-4,7-9H2,1-2H3. The maximum atomic E-state index is 14.0. The van der Waals surface area contributed by atoms with Crippen molar-refractivity contribution in [2.75, 3.05) is 0 Å². The summed E-state index contributed by atoms with van der Waals surface area (Å²) in [6.45, 7) is 3.15. The summed E-state index contributed by atoms with van der Waals surface area (Å²) in [6, 6.07) is 2.09. The van der Waals surface area contributed by atoms with Gasteiger partial charge in [0.1, 0.15) is 0 Å². The smallest absolute Gasteiger partial charge is 0.397 e. The van der Waals surface area contributed by atoms with E-state index in [4.69, 9.17) is 0 Å². The molecular weight excluding hydrogens is 323 g/mol. The lowest BCUT2D eigenvalue weighted by molar-refractivity contribution is -0.182. The summed E-state index contributed by atoms with van der Waals surface area (Å²) in [7, 11) is 0. The maximum absolute atomic E-state index is 14.0. The number of rotatable bonds is 8. The van der Waals surface area contributed by atoms with E-state index in [9.17, 15) is 22.0 Å². The van der Waals surface area contributed by atoms with Crippen LogP contribution in [0.4, 0.5) is 22.0 Å². The molecule has 0 atom stereocenters. The topological polar surface area (TPSA) is 9.23 Å². The molecule has 0 spiro atoms. The largest absolute Gasteiger partial charge is 0.429 e. The number of benzene rings is 1. The van der Waals surface area contributed by atoms with E-state index in [2.05, 4.69) is 17.4 Å². The van der Waals surface area contributed by atoms with Crippen LogP contribution in [0.2, 0.25) is 0 Å². The van der Waals surface area contributed by atoms with E-state index in [0.717, 1.165) is 12.1 Å². The Kier molecular flexibility index (Phi) is 6.52. The molecule has 0 heterocycles. The van der Waals surface area contributed by atoms with Crippen LogP contribution in [0.1, 0.15) is 45.1 Å². The second kappa shape index (κ2) is 7.53. The van der Waals surface area contributed by atoms with E-state index >= 15 is 0 Å². The van der Waals surface area contributed by atoms with E-state index in [1.807, 2.05) is 0 Å². The quantitative estimate of drug-likeness (QED) is 0.459. The summed E-state index contributed by atoms with van der Waals surface area (Å²) in [4.78, 5) is -0.388.